The Labute approximate surface area is 305 Å². The van der Waals surface area contributed by atoms with Gasteiger partial charge in [-0.2, -0.15) is 10.1 Å². The molecule has 10 heteroatoms. The summed E-state index contributed by atoms with van der Waals surface area (Å²) in [5.74, 6) is -1.10. The van der Waals surface area contributed by atoms with Crippen molar-refractivity contribution in [2.45, 2.75) is 76.9 Å². The van der Waals surface area contributed by atoms with Crippen molar-refractivity contribution in [3.05, 3.63) is 144 Å². The van der Waals surface area contributed by atoms with Crippen LogP contribution in [0.2, 0.25) is 0 Å². The molecule has 4 aromatic carbocycles. The highest BCUT2D eigenvalue weighted by molar-refractivity contribution is 6.05. The van der Waals surface area contributed by atoms with E-state index < -0.39 is 12.2 Å². The lowest BCUT2D eigenvalue weighted by Crippen LogP contribution is -2.37. The third kappa shape index (κ3) is 10.3. The lowest BCUT2D eigenvalue weighted by molar-refractivity contribution is -0.209. The van der Waals surface area contributed by atoms with E-state index in [0.29, 0.717) is 52.1 Å². The van der Waals surface area contributed by atoms with Gasteiger partial charge in [0.2, 0.25) is 11.8 Å². The largest absolute Gasteiger partial charge is 0.284 e. The van der Waals surface area contributed by atoms with Crippen molar-refractivity contribution < 1.29 is 28.9 Å². The van der Waals surface area contributed by atoms with Crippen molar-refractivity contribution in [3.63, 3.8) is 0 Å². The number of carbonyl (C=O) groups is 4. The van der Waals surface area contributed by atoms with Crippen molar-refractivity contribution in [2.24, 2.45) is 0 Å². The molecule has 0 saturated carbocycles. The minimum Gasteiger partial charge on any atom is -0.284 e. The van der Waals surface area contributed by atoms with Crippen molar-refractivity contribution in [3.8, 4) is 0 Å². The van der Waals surface area contributed by atoms with Crippen LogP contribution in [-0.2, 0) is 55.0 Å². The lowest BCUT2D eigenvalue weighted by Gasteiger charge is -2.25. The molecule has 52 heavy (non-hydrogen) atoms. The number of imide groups is 2. The van der Waals surface area contributed by atoms with E-state index >= 15 is 0 Å². The van der Waals surface area contributed by atoms with Crippen LogP contribution in [0.15, 0.2) is 121 Å². The van der Waals surface area contributed by atoms with Gasteiger partial charge < -0.3 is 0 Å². The van der Waals surface area contributed by atoms with Gasteiger partial charge in [-0.05, 0) is 35.1 Å². The Morgan fingerprint density at radius 1 is 0.442 bits per heavy atom. The van der Waals surface area contributed by atoms with Gasteiger partial charge in [-0.25, -0.2) is 0 Å². The highest BCUT2D eigenvalue weighted by Crippen LogP contribution is 2.23. The minimum atomic E-state index is -0.862. The van der Waals surface area contributed by atoms with Gasteiger partial charge in [0.05, 0.1) is 12.8 Å². The molecule has 270 valence electrons. The fraction of sp³-hybridized carbons (Fsp3) is 0.333. The Bertz CT molecular complexity index is 1540. The summed E-state index contributed by atoms with van der Waals surface area (Å²) < 4.78 is 0. The molecule has 2 heterocycles. The van der Waals surface area contributed by atoms with E-state index in [1.807, 2.05) is 121 Å². The Balaban J connectivity index is 0.941. The molecule has 10 nitrogen and oxygen atoms in total. The highest BCUT2D eigenvalue weighted by atomic mass is 16.7. The summed E-state index contributed by atoms with van der Waals surface area (Å²) in [6, 6.07) is 39.5. The van der Waals surface area contributed by atoms with E-state index in [1.165, 1.54) is 9.80 Å². The third-order valence-corrected chi connectivity index (χ3v) is 9.28. The number of hydroxylamine groups is 4. The summed E-state index contributed by atoms with van der Waals surface area (Å²) in [4.78, 5) is 67.3. The SMILES string of the molecule is O=C1CC(ON(Cc2ccccc2)Cc2ccccc2)C(=O)N1CCCCCCN1C(=O)CC(ON(Cc2ccccc2)Cc2ccccc2)C1=O. The van der Waals surface area contributed by atoms with Crippen LogP contribution in [0, 0.1) is 0 Å². The average Bonchev–Trinajstić information content (AvgIpc) is 3.58. The fourth-order valence-electron chi connectivity index (χ4n) is 6.60. The van der Waals surface area contributed by atoms with E-state index in [9.17, 15) is 19.2 Å². The second kappa shape index (κ2) is 18.5. The molecule has 6 rings (SSSR count). The molecule has 2 aliphatic rings. The topological polar surface area (TPSA) is 99.7 Å². The number of benzene rings is 4. The monoisotopic (exact) mass is 702 g/mol. The predicted molar refractivity (Wildman–Crippen MR) is 195 cm³/mol. The van der Waals surface area contributed by atoms with E-state index in [4.69, 9.17) is 9.68 Å². The number of hydrogen-bond donors (Lipinski definition) is 0. The van der Waals surface area contributed by atoms with Gasteiger partial charge in [0.25, 0.3) is 11.8 Å². The smallest absolute Gasteiger partial charge is 0.260 e. The summed E-state index contributed by atoms with van der Waals surface area (Å²) in [5.41, 5.74) is 4.17. The quantitative estimate of drug-likeness (QED) is 0.0660. The lowest BCUT2D eigenvalue weighted by atomic mass is 10.2. The first-order valence-corrected chi connectivity index (χ1v) is 18.1. The maximum absolute atomic E-state index is 13.3. The van der Waals surface area contributed by atoms with Crippen LogP contribution in [0.5, 0.6) is 0 Å². The summed E-state index contributed by atoms with van der Waals surface area (Å²) in [5, 5.41) is 3.51. The first-order chi connectivity index (χ1) is 25.4. The number of hydrogen-bond acceptors (Lipinski definition) is 8. The van der Waals surface area contributed by atoms with Gasteiger partial charge in [-0.1, -0.05) is 134 Å². The van der Waals surface area contributed by atoms with Gasteiger partial charge in [0, 0.05) is 39.3 Å². The Hall–Kier alpha value is -5.00. The van der Waals surface area contributed by atoms with Crippen LogP contribution in [0.25, 0.3) is 0 Å². The van der Waals surface area contributed by atoms with Crippen LogP contribution < -0.4 is 0 Å². The predicted octanol–water partition coefficient (Wildman–Crippen LogP) is 6.07. The van der Waals surface area contributed by atoms with Crippen molar-refractivity contribution in [1.82, 2.24) is 19.9 Å². The van der Waals surface area contributed by atoms with Crippen LogP contribution in [0.4, 0.5) is 0 Å². The summed E-state index contributed by atoms with van der Waals surface area (Å²) in [6.07, 6.45) is 1.04. The normalized spacial score (nSPS) is 17.7. The number of likely N-dealkylation sites (tertiary alicyclic amines) is 2. The molecular formula is C42H46N4O6. The van der Waals surface area contributed by atoms with Crippen LogP contribution in [0.3, 0.4) is 0 Å². The van der Waals surface area contributed by atoms with Crippen LogP contribution >= 0.6 is 0 Å². The number of carbonyl (C=O) groups excluding carboxylic acids is 4. The highest BCUT2D eigenvalue weighted by Gasteiger charge is 2.41. The Kier molecular flexibility index (Phi) is 13.1. The zero-order valence-electron chi connectivity index (χ0n) is 29.4. The van der Waals surface area contributed by atoms with Crippen LogP contribution in [0.1, 0.15) is 60.8 Å². The molecule has 2 atom stereocenters. The van der Waals surface area contributed by atoms with E-state index in [-0.39, 0.29) is 36.5 Å². The maximum atomic E-state index is 13.3. The van der Waals surface area contributed by atoms with Gasteiger partial charge in [0.15, 0.2) is 12.2 Å². The number of amides is 4. The Morgan fingerprint density at radius 3 is 1.02 bits per heavy atom. The minimum absolute atomic E-state index is 0.00938. The van der Waals surface area contributed by atoms with Gasteiger partial charge in [-0.3, -0.25) is 38.7 Å². The standard InChI is InChI=1S/C42H46N4O6/c47-39-27-37(51-43(29-33-17-7-3-8-18-33)30-34-19-9-4-10-20-34)41(49)45(39)25-15-1-2-16-26-46-40(48)28-38(42(46)50)52-44(31-35-21-11-5-12-22-35)32-36-23-13-6-14-24-36/h3-14,17-24,37-38H,1-2,15-16,25-32H2. The first kappa shape index (κ1) is 36.8. The molecule has 0 radical (unpaired) electrons. The van der Waals surface area contributed by atoms with Gasteiger partial charge in [-0.15, -0.1) is 0 Å². The molecular weight excluding hydrogens is 656 g/mol. The molecule has 2 saturated heterocycles. The number of nitrogens with zero attached hydrogens (tertiary/aromatic N) is 4. The third-order valence-electron chi connectivity index (χ3n) is 9.28. The van der Waals surface area contributed by atoms with Gasteiger partial charge in [0.1, 0.15) is 0 Å². The fourth-order valence-corrected chi connectivity index (χ4v) is 6.60. The van der Waals surface area contributed by atoms with E-state index in [0.717, 1.165) is 35.1 Å². The molecule has 4 amide bonds. The first-order valence-electron chi connectivity index (χ1n) is 18.1. The van der Waals surface area contributed by atoms with Crippen molar-refractivity contribution in [1.29, 1.82) is 0 Å². The summed E-state index contributed by atoms with van der Waals surface area (Å²) >= 11 is 0. The number of rotatable bonds is 19. The maximum Gasteiger partial charge on any atom is 0.260 e. The molecule has 2 unspecified atom stereocenters. The molecule has 0 N–H and O–H groups in total. The van der Waals surface area contributed by atoms with Crippen molar-refractivity contribution >= 4 is 23.6 Å². The molecule has 4 aromatic rings. The molecule has 0 spiro atoms. The summed E-state index contributed by atoms with van der Waals surface area (Å²) in [7, 11) is 0. The molecule has 2 aliphatic heterocycles. The van der Waals surface area contributed by atoms with Crippen molar-refractivity contribution in [2.75, 3.05) is 13.1 Å². The van der Waals surface area contributed by atoms with Crippen LogP contribution in [-0.4, -0.2) is 68.9 Å². The number of unbranched alkanes of at least 4 members (excludes halogenated alkanes) is 3. The zero-order chi connectivity index (χ0) is 36.1. The molecule has 0 bridgehead atoms. The molecule has 0 aliphatic carbocycles. The Morgan fingerprint density at radius 2 is 0.731 bits per heavy atom. The zero-order valence-corrected chi connectivity index (χ0v) is 29.4. The summed E-state index contributed by atoms with van der Waals surface area (Å²) in [6.45, 7) is 2.52. The average molecular weight is 703 g/mol. The molecule has 0 aromatic heterocycles. The van der Waals surface area contributed by atoms with E-state index in [1.54, 1.807) is 10.1 Å². The molecule has 2 fully saturated rings. The van der Waals surface area contributed by atoms with Gasteiger partial charge >= 0.3 is 0 Å². The second-order valence-electron chi connectivity index (χ2n) is 13.3. The van der Waals surface area contributed by atoms with E-state index in [2.05, 4.69) is 0 Å². The second-order valence-corrected chi connectivity index (χ2v) is 13.3.